The van der Waals surface area contributed by atoms with E-state index in [2.05, 4.69) is 33.0 Å². The first-order valence-electron chi connectivity index (χ1n) is 6.87. The molecule has 1 amide bonds. The van der Waals surface area contributed by atoms with Crippen LogP contribution in [0.2, 0.25) is 0 Å². The average molecular weight is 257 g/mol. The van der Waals surface area contributed by atoms with Gasteiger partial charge in [0.2, 0.25) is 5.91 Å². The van der Waals surface area contributed by atoms with Gasteiger partial charge >= 0.3 is 0 Å². The van der Waals surface area contributed by atoms with Gasteiger partial charge in [-0.2, -0.15) is 11.8 Å². The highest BCUT2D eigenvalue weighted by molar-refractivity contribution is 7.99. The Morgan fingerprint density at radius 3 is 2.71 bits per heavy atom. The lowest BCUT2D eigenvalue weighted by Crippen LogP contribution is -2.44. The number of hydrogen-bond donors (Lipinski definition) is 1. The third-order valence-electron chi connectivity index (χ3n) is 3.74. The van der Waals surface area contributed by atoms with Crippen LogP contribution in [-0.4, -0.2) is 23.5 Å². The molecule has 1 saturated carbocycles. The van der Waals surface area contributed by atoms with E-state index in [1.165, 1.54) is 12.8 Å². The van der Waals surface area contributed by atoms with Gasteiger partial charge in [-0.15, -0.1) is 0 Å². The van der Waals surface area contributed by atoms with Crippen LogP contribution in [0.15, 0.2) is 0 Å². The Hall–Kier alpha value is -0.180. The monoisotopic (exact) mass is 257 g/mol. The molecule has 0 bridgehead atoms. The predicted molar refractivity (Wildman–Crippen MR) is 76.3 cm³/mol. The van der Waals surface area contributed by atoms with Gasteiger partial charge in [0.15, 0.2) is 0 Å². The first kappa shape index (κ1) is 14.9. The summed E-state index contributed by atoms with van der Waals surface area (Å²) in [6.45, 7) is 8.96. The number of carbonyl (C=O) groups is 1. The topological polar surface area (TPSA) is 29.1 Å². The Balaban J connectivity index is 2.25. The van der Waals surface area contributed by atoms with E-state index >= 15 is 0 Å². The summed E-state index contributed by atoms with van der Waals surface area (Å²) in [5.41, 5.74) is 0. The Bertz CT molecular complexity index is 242. The molecule has 0 saturated heterocycles. The van der Waals surface area contributed by atoms with Gasteiger partial charge < -0.3 is 5.32 Å². The van der Waals surface area contributed by atoms with Gasteiger partial charge in [-0.25, -0.2) is 0 Å². The van der Waals surface area contributed by atoms with E-state index < -0.39 is 0 Å². The maximum atomic E-state index is 11.8. The first-order chi connectivity index (χ1) is 8.00. The van der Waals surface area contributed by atoms with Crippen molar-refractivity contribution in [3.63, 3.8) is 0 Å². The molecule has 1 rings (SSSR count). The van der Waals surface area contributed by atoms with Crippen molar-refractivity contribution in [3.8, 4) is 0 Å². The Morgan fingerprint density at radius 2 is 2.06 bits per heavy atom. The number of carbonyl (C=O) groups excluding carboxylic acids is 1. The molecule has 1 fully saturated rings. The van der Waals surface area contributed by atoms with E-state index in [0.717, 1.165) is 18.1 Å². The van der Waals surface area contributed by atoms with Crippen molar-refractivity contribution in [2.24, 2.45) is 17.8 Å². The third-order valence-corrected chi connectivity index (χ3v) is 5.11. The quantitative estimate of drug-likeness (QED) is 0.818. The van der Waals surface area contributed by atoms with Gasteiger partial charge in [0.1, 0.15) is 0 Å². The highest BCUT2D eigenvalue weighted by atomic mass is 32.2. The number of thioether (sulfide) groups is 1. The van der Waals surface area contributed by atoms with Gasteiger partial charge in [0.05, 0.1) is 5.75 Å². The van der Waals surface area contributed by atoms with E-state index in [1.54, 1.807) is 11.8 Å². The van der Waals surface area contributed by atoms with E-state index in [1.807, 2.05) is 0 Å². The molecular weight excluding hydrogens is 230 g/mol. The fourth-order valence-corrected chi connectivity index (χ4v) is 3.28. The van der Waals surface area contributed by atoms with Crippen molar-refractivity contribution < 1.29 is 4.79 Å². The molecule has 0 aromatic heterocycles. The zero-order valence-electron chi connectivity index (χ0n) is 11.7. The normalized spacial score (nSPS) is 29.4. The maximum Gasteiger partial charge on any atom is 0.230 e. The van der Waals surface area contributed by atoms with Crippen LogP contribution in [0.3, 0.4) is 0 Å². The SMILES string of the molecule is CC(C)CSCC(=O)NC1CCCC(C)C1C. The van der Waals surface area contributed by atoms with Crippen LogP contribution in [0.25, 0.3) is 0 Å². The molecule has 1 aliphatic rings. The molecule has 3 unspecified atom stereocenters. The molecule has 0 aromatic rings. The summed E-state index contributed by atoms with van der Waals surface area (Å²) in [5, 5.41) is 3.21. The van der Waals surface area contributed by atoms with Crippen molar-refractivity contribution in [1.29, 1.82) is 0 Å². The number of rotatable bonds is 5. The van der Waals surface area contributed by atoms with Crippen LogP contribution in [0.1, 0.15) is 47.0 Å². The molecule has 3 atom stereocenters. The molecule has 2 nitrogen and oxygen atoms in total. The lowest BCUT2D eigenvalue weighted by Gasteiger charge is -2.34. The number of hydrogen-bond acceptors (Lipinski definition) is 2. The molecule has 100 valence electrons. The van der Waals surface area contributed by atoms with E-state index in [0.29, 0.717) is 23.6 Å². The molecule has 1 aliphatic carbocycles. The summed E-state index contributed by atoms with van der Waals surface area (Å²) >= 11 is 1.75. The summed E-state index contributed by atoms with van der Waals surface area (Å²) < 4.78 is 0. The summed E-state index contributed by atoms with van der Waals surface area (Å²) in [5.74, 6) is 3.96. The molecule has 0 radical (unpaired) electrons. The van der Waals surface area contributed by atoms with Gasteiger partial charge in [-0.05, 0) is 29.9 Å². The Kier molecular flexibility index (Phi) is 6.39. The maximum absolute atomic E-state index is 11.8. The predicted octanol–water partition coefficient (Wildman–Crippen LogP) is 3.32. The molecule has 0 heterocycles. The Labute approximate surface area is 110 Å². The fourth-order valence-electron chi connectivity index (χ4n) is 2.42. The van der Waals surface area contributed by atoms with Crippen molar-refractivity contribution >= 4 is 17.7 Å². The second-order valence-electron chi connectivity index (χ2n) is 5.85. The van der Waals surface area contributed by atoms with Crippen molar-refractivity contribution in [3.05, 3.63) is 0 Å². The zero-order valence-corrected chi connectivity index (χ0v) is 12.5. The molecule has 17 heavy (non-hydrogen) atoms. The van der Waals surface area contributed by atoms with E-state index in [9.17, 15) is 4.79 Å². The van der Waals surface area contributed by atoms with Gasteiger partial charge in [0, 0.05) is 6.04 Å². The molecular formula is C14H27NOS. The van der Waals surface area contributed by atoms with Crippen molar-refractivity contribution in [1.82, 2.24) is 5.32 Å². The van der Waals surface area contributed by atoms with Crippen LogP contribution in [-0.2, 0) is 4.79 Å². The summed E-state index contributed by atoms with van der Waals surface area (Å²) in [7, 11) is 0. The first-order valence-corrected chi connectivity index (χ1v) is 8.03. The molecule has 0 aromatic carbocycles. The van der Waals surface area contributed by atoms with Crippen LogP contribution in [0.4, 0.5) is 0 Å². The summed E-state index contributed by atoms with van der Waals surface area (Å²) in [6, 6.07) is 0.408. The molecule has 1 N–H and O–H groups in total. The third kappa shape index (κ3) is 5.33. The van der Waals surface area contributed by atoms with E-state index in [-0.39, 0.29) is 5.91 Å². The number of amides is 1. The minimum absolute atomic E-state index is 0.224. The van der Waals surface area contributed by atoms with Gasteiger partial charge in [0.25, 0.3) is 0 Å². The van der Waals surface area contributed by atoms with Gasteiger partial charge in [-0.3, -0.25) is 4.79 Å². The van der Waals surface area contributed by atoms with Crippen LogP contribution in [0.5, 0.6) is 0 Å². The van der Waals surface area contributed by atoms with Crippen molar-refractivity contribution in [2.75, 3.05) is 11.5 Å². The second-order valence-corrected chi connectivity index (χ2v) is 6.88. The molecule has 0 spiro atoms. The summed E-state index contributed by atoms with van der Waals surface area (Å²) in [6.07, 6.45) is 3.73. The van der Waals surface area contributed by atoms with Gasteiger partial charge in [-0.1, -0.05) is 40.5 Å². The highest BCUT2D eigenvalue weighted by Crippen LogP contribution is 2.29. The lowest BCUT2D eigenvalue weighted by atomic mass is 9.78. The zero-order chi connectivity index (χ0) is 12.8. The fraction of sp³-hybridized carbons (Fsp3) is 0.929. The smallest absolute Gasteiger partial charge is 0.230 e. The molecule has 3 heteroatoms. The highest BCUT2D eigenvalue weighted by Gasteiger charge is 2.27. The molecule has 0 aliphatic heterocycles. The minimum atomic E-state index is 0.224. The van der Waals surface area contributed by atoms with Crippen LogP contribution < -0.4 is 5.32 Å². The number of nitrogens with one attached hydrogen (secondary N) is 1. The standard InChI is InChI=1S/C14H27NOS/c1-10(2)8-17-9-14(16)15-13-7-5-6-11(3)12(13)4/h10-13H,5-9H2,1-4H3,(H,15,16). The largest absolute Gasteiger partial charge is 0.352 e. The van der Waals surface area contributed by atoms with Crippen LogP contribution >= 0.6 is 11.8 Å². The minimum Gasteiger partial charge on any atom is -0.352 e. The lowest BCUT2D eigenvalue weighted by molar-refractivity contribution is -0.119. The Morgan fingerprint density at radius 1 is 1.35 bits per heavy atom. The van der Waals surface area contributed by atoms with Crippen molar-refractivity contribution in [2.45, 2.75) is 53.0 Å². The average Bonchev–Trinajstić information content (AvgIpc) is 2.24. The van der Waals surface area contributed by atoms with Crippen LogP contribution in [0, 0.1) is 17.8 Å². The van der Waals surface area contributed by atoms with E-state index in [4.69, 9.17) is 0 Å². The summed E-state index contributed by atoms with van der Waals surface area (Å²) in [4.78, 5) is 11.8. The second kappa shape index (κ2) is 7.30.